The summed E-state index contributed by atoms with van der Waals surface area (Å²) in [6.45, 7) is 5.22. The van der Waals surface area contributed by atoms with Gasteiger partial charge >= 0.3 is 35.5 Å². The first-order valence-corrected chi connectivity index (χ1v) is 9.35. The number of hydrogen-bond donors (Lipinski definition) is 3. The van der Waals surface area contributed by atoms with E-state index in [1.807, 2.05) is 4.58 Å². The molecule has 2 unspecified atom stereocenters. The van der Waals surface area contributed by atoms with Gasteiger partial charge in [0.2, 0.25) is 11.9 Å². The maximum absolute atomic E-state index is 11.4. The van der Waals surface area contributed by atoms with Crippen LogP contribution in [0.15, 0.2) is 0 Å². The summed E-state index contributed by atoms with van der Waals surface area (Å²) < 4.78 is 1.83. The molecular weight excluding hydrogens is 315 g/mol. The molecule has 0 amide bonds. The number of nitrogens with one attached hydrogen (secondary N) is 1. The van der Waals surface area contributed by atoms with Crippen molar-refractivity contribution in [3.8, 4) is 0 Å². The number of carboxylic acid groups (broad SMARTS) is 1. The van der Waals surface area contributed by atoms with Gasteiger partial charge in [0.1, 0.15) is 19.2 Å². The fourth-order valence-corrected chi connectivity index (χ4v) is 3.30. The Labute approximate surface area is 169 Å². The summed E-state index contributed by atoms with van der Waals surface area (Å²) in [5.74, 6) is 0.0366. The molecule has 3 N–H and O–H groups in total. The molecule has 6 heteroatoms. The summed E-state index contributed by atoms with van der Waals surface area (Å²) in [4.78, 5) is 11.4. The summed E-state index contributed by atoms with van der Waals surface area (Å²) in [6, 6.07) is -0.835. The second-order valence-corrected chi connectivity index (χ2v) is 6.67. The van der Waals surface area contributed by atoms with Crippen LogP contribution < -0.4 is 5.32 Å². The number of carboxylic acids is 1. The fourth-order valence-electron chi connectivity index (χ4n) is 3.30. The zero-order chi connectivity index (χ0) is 17.1. The number of aliphatic hydroxyl groups excluding tert-OH is 1. The molecular formula is C18H36N2NaO3+. The molecule has 0 aromatic heterocycles. The van der Waals surface area contributed by atoms with E-state index in [0.29, 0.717) is 6.54 Å². The second kappa shape index (κ2) is 14.1. The molecule has 0 saturated carbocycles. The average Bonchev–Trinajstić information content (AvgIpc) is 2.93. The molecule has 1 aliphatic heterocycles. The first kappa shape index (κ1) is 23.9. The van der Waals surface area contributed by atoms with Gasteiger partial charge in [-0.15, -0.1) is 0 Å². The molecule has 0 bridgehead atoms. The zero-order valence-corrected chi connectivity index (χ0v) is 14.9. The van der Waals surface area contributed by atoms with Crippen LogP contribution in [-0.2, 0) is 4.79 Å². The van der Waals surface area contributed by atoms with Gasteiger partial charge in [0.25, 0.3) is 0 Å². The molecule has 0 aromatic carbocycles. The van der Waals surface area contributed by atoms with E-state index in [1.54, 1.807) is 6.92 Å². The van der Waals surface area contributed by atoms with Crippen molar-refractivity contribution in [2.75, 3.05) is 13.1 Å². The molecule has 0 fully saturated rings. The Bertz CT molecular complexity index is 386. The predicted octanol–water partition coefficient (Wildman–Crippen LogP) is 2.11. The summed E-state index contributed by atoms with van der Waals surface area (Å²) in [6.07, 6.45) is 11.6. The molecule has 1 rings (SSSR count). The third-order valence-electron chi connectivity index (χ3n) is 4.59. The quantitative estimate of drug-likeness (QED) is 0.270. The van der Waals surface area contributed by atoms with Crippen molar-refractivity contribution in [2.45, 2.75) is 90.2 Å². The minimum atomic E-state index is -0.951. The number of aliphatic carboxylic acids is 1. The number of carbonyl (C=O) groups is 1. The van der Waals surface area contributed by atoms with E-state index in [4.69, 9.17) is 0 Å². The molecule has 1 heterocycles. The molecule has 2 atom stereocenters. The number of unbranched alkanes of at least 4 members (excludes halogenated alkanes) is 8. The van der Waals surface area contributed by atoms with Crippen LogP contribution in [0.3, 0.4) is 0 Å². The Morgan fingerprint density at radius 2 is 1.67 bits per heavy atom. The van der Waals surface area contributed by atoms with Gasteiger partial charge in [-0.3, -0.25) is 5.32 Å². The predicted molar refractivity (Wildman–Crippen MR) is 100 cm³/mol. The molecule has 24 heavy (non-hydrogen) atoms. The Morgan fingerprint density at radius 3 is 2.17 bits per heavy atom. The van der Waals surface area contributed by atoms with Gasteiger partial charge < -0.3 is 10.2 Å². The number of aliphatic hydroxyl groups is 1. The Morgan fingerprint density at radius 1 is 1.12 bits per heavy atom. The normalized spacial score (nSPS) is 16.5. The summed E-state index contributed by atoms with van der Waals surface area (Å²) in [5, 5.41) is 22.3. The number of amidine groups is 1. The van der Waals surface area contributed by atoms with E-state index in [9.17, 15) is 15.0 Å². The average molecular weight is 351 g/mol. The maximum atomic E-state index is 11.4. The number of hydrogen-bond acceptors (Lipinski definition) is 3. The van der Waals surface area contributed by atoms with E-state index in [1.165, 1.54) is 51.4 Å². The van der Waals surface area contributed by atoms with Crippen LogP contribution in [0, 0.1) is 0 Å². The van der Waals surface area contributed by atoms with Gasteiger partial charge in [0.15, 0.2) is 0 Å². The van der Waals surface area contributed by atoms with Crippen molar-refractivity contribution in [3.63, 3.8) is 0 Å². The standard InChI is InChI=1S/C18H34N2O3.Na.H/c1-3-4-5-6-7-8-9-10-11-12-16-19-13-14-20(16)17(15(2)21)18(22)23;;/h15,17,21H,3-14H2,1-2H3,(H,22,23);;/p+1. The number of rotatable bonds is 13. The third kappa shape index (κ3) is 8.84. The topological polar surface area (TPSA) is 72.6 Å². The molecule has 136 valence electrons. The van der Waals surface area contributed by atoms with Gasteiger partial charge in [0, 0.05) is 6.42 Å². The van der Waals surface area contributed by atoms with Gasteiger partial charge in [-0.1, -0.05) is 58.3 Å². The van der Waals surface area contributed by atoms with Crippen molar-refractivity contribution in [2.24, 2.45) is 0 Å². The monoisotopic (exact) mass is 351 g/mol. The summed E-state index contributed by atoms with van der Waals surface area (Å²) in [7, 11) is 0. The van der Waals surface area contributed by atoms with Crippen molar-refractivity contribution < 1.29 is 19.6 Å². The molecule has 0 spiro atoms. The van der Waals surface area contributed by atoms with Crippen LogP contribution in [0.1, 0.15) is 78.1 Å². The first-order valence-electron chi connectivity index (χ1n) is 9.35. The SMILES string of the molecule is CCCCCCCCCCCC1=[N+](C(C(=O)O)C(C)O)CCN1.[NaH]. The van der Waals surface area contributed by atoms with Crippen LogP contribution in [0.5, 0.6) is 0 Å². The van der Waals surface area contributed by atoms with Crippen LogP contribution in [0.2, 0.25) is 0 Å². The second-order valence-electron chi connectivity index (χ2n) is 6.67. The van der Waals surface area contributed by atoms with E-state index in [-0.39, 0.29) is 29.6 Å². The summed E-state index contributed by atoms with van der Waals surface area (Å²) >= 11 is 0. The third-order valence-corrected chi connectivity index (χ3v) is 4.59. The molecule has 0 saturated heterocycles. The minimum absolute atomic E-state index is 0. The van der Waals surface area contributed by atoms with Crippen molar-refractivity contribution in [1.29, 1.82) is 0 Å². The van der Waals surface area contributed by atoms with Crippen molar-refractivity contribution in [1.82, 2.24) is 5.32 Å². The van der Waals surface area contributed by atoms with E-state index in [0.717, 1.165) is 25.2 Å². The summed E-state index contributed by atoms with van der Waals surface area (Å²) in [5.41, 5.74) is 0. The molecule has 0 aromatic rings. The van der Waals surface area contributed by atoms with Gasteiger partial charge in [-0.05, 0) is 13.3 Å². The molecule has 0 aliphatic carbocycles. The van der Waals surface area contributed by atoms with Crippen molar-refractivity contribution >= 4 is 41.4 Å². The Balaban J connectivity index is 0.00000529. The van der Waals surface area contributed by atoms with Gasteiger partial charge in [0.05, 0.1) is 0 Å². The zero-order valence-electron chi connectivity index (χ0n) is 14.9. The van der Waals surface area contributed by atoms with Gasteiger partial charge in [-0.2, -0.15) is 0 Å². The Hall–Kier alpha value is -0.100. The fraction of sp³-hybridized carbons (Fsp3) is 0.889. The number of nitrogens with zero attached hydrogens (tertiary/aromatic N) is 1. The Kier molecular flexibility index (Phi) is 14.1. The van der Waals surface area contributed by atoms with Crippen molar-refractivity contribution in [3.05, 3.63) is 0 Å². The van der Waals surface area contributed by atoms with Crippen LogP contribution in [0.25, 0.3) is 0 Å². The van der Waals surface area contributed by atoms with Crippen LogP contribution >= 0.6 is 0 Å². The van der Waals surface area contributed by atoms with E-state index < -0.39 is 18.1 Å². The molecule has 5 nitrogen and oxygen atoms in total. The van der Waals surface area contributed by atoms with E-state index in [2.05, 4.69) is 12.2 Å². The van der Waals surface area contributed by atoms with Crippen LogP contribution in [0.4, 0.5) is 0 Å². The first-order chi connectivity index (χ1) is 11.1. The molecule has 0 radical (unpaired) electrons. The van der Waals surface area contributed by atoms with E-state index >= 15 is 0 Å². The van der Waals surface area contributed by atoms with Crippen LogP contribution in [-0.4, -0.2) is 81.4 Å². The molecule has 1 aliphatic rings. The van der Waals surface area contributed by atoms with Gasteiger partial charge in [-0.25, -0.2) is 9.37 Å².